The highest BCUT2D eigenvalue weighted by Gasteiger charge is 2.35. The van der Waals surface area contributed by atoms with Crippen LogP contribution in [0.2, 0.25) is 0 Å². The first-order valence-electron chi connectivity index (χ1n) is 5.31. The van der Waals surface area contributed by atoms with Crippen molar-refractivity contribution >= 4 is 6.16 Å². The Morgan fingerprint density at radius 3 is 2.56 bits per heavy atom. The SMILES string of the molecule is C=CC[C@@H]1OC(=O)O[C@H]1Cc1ccccc1. The average Bonchev–Trinajstić information content (AvgIpc) is 2.61. The van der Waals surface area contributed by atoms with Crippen molar-refractivity contribution in [1.82, 2.24) is 0 Å². The van der Waals surface area contributed by atoms with Gasteiger partial charge in [0.1, 0.15) is 12.2 Å². The molecule has 3 heteroatoms. The molecular weight excluding hydrogens is 204 g/mol. The lowest BCUT2D eigenvalue weighted by Gasteiger charge is -2.13. The Balaban J connectivity index is 2.03. The molecule has 0 saturated carbocycles. The largest absolute Gasteiger partial charge is 0.509 e. The molecule has 2 atom stereocenters. The van der Waals surface area contributed by atoms with Crippen LogP contribution in [0, 0.1) is 0 Å². The quantitative estimate of drug-likeness (QED) is 0.575. The second kappa shape index (κ2) is 4.84. The number of carbonyl (C=O) groups excluding carboxylic acids is 1. The molecule has 0 spiro atoms. The molecule has 0 radical (unpaired) electrons. The third-order valence-corrected chi connectivity index (χ3v) is 2.59. The number of ether oxygens (including phenoxy) is 2. The van der Waals surface area contributed by atoms with E-state index in [9.17, 15) is 4.79 Å². The summed E-state index contributed by atoms with van der Waals surface area (Å²) in [5, 5.41) is 0. The number of hydrogen-bond donors (Lipinski definition) is 0. The maximum atomic E-state index is 11.1. The van der Waals surface area contributed by atoms with Gasteiger partial charge in [0.25, 0.3) is 0 Å². The number of benzene rings is 1. The van der Waals surface area contributed by atoms with Gasteiger partial charge in [-0.15, -0.1) is 6.58 Å². The summed E-state index contributed by atoms with van der Waals surface area (Å²) in [5.41, 5.74) is 1.14. The first-order valence-corrected chi connectivity index (χ1v) is 5.31. The number of hydrogen-bond acceptors (Lipinski definition) is 3. The second-order valence-corrected chi connectivity index (χ2v) is 3.78. The molecule has 0 aliphatic carbocycles. The molecule has 0 amide bonds. The van der Waals surface area contributed by atoms with E-state index >= 15 is 0 Å². The highest BCUT2D eigenvalue weighted by molar-refractivity contribution is 5.62. The fraction of sp³-hybridized carbons (Fsp3) is 0.308. The van der Waals surface area contributed by atoms with Crippen molar-refractivity contribution in [2.24, 2.45) is 0 Å². The molecule has 0 aromatic heterocycles. The van der Waals surface area contributed by atoms with Crippen molar-refractivity contribution in [2.45, 2.75) is 25.0 Å². The van der Waals surface area contributed by atoms with Crippen molar-refractivity contribution in [3.63, 3.8) is 0 Å². The van der Waals surface area contributed by atoms with E-state index in [0.29, 0.717) is 12.8 Å². The van der Waals surface area contributed by atoms with Crippen LogP contribution in [0.3, 0.4) is 0 Å². The lowest BCUT2D eigenvalue weighted by molar-refractivity contribution is 0.116. The number of cyclic esters (lactones) is 2. The van der Waals surface area contributed by atoms with Crippen LogP contribution in [0.4, 0.5) is 4.79 Å². The van der Waals surface area contributed by atoms with E-state index in [1.165, 1.54) is 0 Å². The smallest absolute Gasteiger partial charge is 0.427 e. The zero-order valence-corrected chi connectivity index (χ0v) is 8.96. The van der Waals surface area contributed by atoms with Gasteiger partial charge < -0.3 is 9.47 Å². The van der Waals surface area contributed by atoms with E-state index in [1.807, 2.05) is 30.3 Å². The van der Waals surface area contributed by atoms with Crippen LogP contribution in [0.1, 0.15) is 12.0 Å². The van der Waals surface area contributed by atoms with Gasteiger partial charge in [0.15, 0.2) is 0 Å². The maximum absolute atomic E-state index is 11.1. The lowest BCUT2D eigenvalue weighted by Crippen LogP contribution is -2.24. The summed E-state index contributed by atoms with van der Waals surface area (Å²) in [7, 11) is 0. The zero-order chi connectivity index (χ0) is 11.4. The van der Waals surface area contributed by atoms with Crippen molar-refractivity contribution in [3.05, 3.63) is 48.6 Å². The highest BCUT2D eigenvalue weighted by atomic mass is 16.8. The standard InChI is InChI=1S/C13H14O3/c1-2-6-11-12(16-13(14)15-11)9-10-7-4-3-5-8-10/h2-5,7-8,11-12H,1,6,9H2/t11-,12-/m0/s1. The lowest BCUT2D eigenvalue weighted by atomic mass is 10.0. The van der Waals surface area contributed by atoms with Gasteiger partial charge in [0, 0.05) is 12.8 Å². The minimum Gasteiger partial charge on any atom is -0.427 e. The molecule has 2 rings (SSSR count). The van der Waals surface area contributed by atoms with Crippen LogP contribution < -0.4 is 0 Å². The summed E-state index contributed by atoms with van der Waals surface area (Å²) in [5.74, 6) is 0. The summed E-state index contributed by atoms with van der Waals surface area (Å²) in [4.78, 5) is 11.1. The summed E-state index contributed by atoms with van der Waals surface area (Å²) in [6.45, 7) is 3.64. The summed E-state index contributed by atoms with van der Waals surface area (Å²) >= 11 is 0. The van der Waals surface area contributed by atoms with Crippen LogP contribution in [-0.4, -0.2) is 18.4 Å². The van der Waals surface area contributed by atoms with Gasteiger partial charge in [-0.2, -0.15) is 0 Å². The van der Waals surface area contributed by atoms with Gasteiger partial charge in [-0.1, -0.05) is 36.4 Å². The molecule has 1 aromatic rings. The van der Waals surface area contributed by atoms with E-state index in [2.05, 4.69) is 6.58 Å². The molecule has 1 aromatic carbocycles. The minimum absolute atomic E-state index is 0.201. The van der Waals surface area contributed by atoms with Gasteiger partial charge in [0.2, 0.25) is 0 Å². The third-order valence-electron chi connectivity index (χ3n) is 2.59. The molecule has 1 aliphatic heterocycles. The Morgan fingerprint density at radius 1 is 1.19 bits per heavy atom. The van der Waals surface area contributed by atoms with Crippen molar-refractivity contribution in [2.75, 3.05) is 0 Å². The molecule has 0 unspecified atom stereocenters. The normalized spacial score (nSPS) is 23.6. The van der Waals surface area contributed by atoms with Crippen LogP contribution in [-0.2, 0) is 15.9 Å². The Kier molecular flexibility index (Phi) is 3.25. The first kappa shape index (κ1) is 10.7. The van der Waals surface area contributed by atoms with E-state index in [-0.39, 0.29) is 12.2 Å². The fourth-order valence-electron chi connectivity index (χ4n) is 1.81. The van der Waals surface area contributed by atoms with E-state index in [4.69, 9.17) is 9.47 Å². The van der Waals surface area contributed by atoms with Gasteiger partial charge in [-0.05, 0) is 5.56 Å². The van der Waals surface area contributed by atoms with Gasteiger partial charge in [-0.3, -0.25) is 0 Å². The molecule has 0 N–H and O–H groups in total. The molecule has 1 aliphatic rings. The minimum atomic E-state index is -0.576. The van der Waals surface area contributed by atoms with E-state index in [0.717, 1.165) is 5.56 Å². The molecule has 1 saturated heterocycles. The third kappa shape index (κ3) is 2.42. The second-order valence-electron chi connectivity index (χ2n) is 3.78. The molecule has 1 fully saturated rings. The molecule has 3 nitrogen and oxygen atoms in total. The molecule has 16 heavy (non-hydrogen) atoms. The average molecular weight is 218 g/mol. The molecular formula is C13H14O3. The number of rotatable bonds is 4. The summed E-state index contributed by atoms with van der Waals surface area (Å²) < 4.78 is 10.2. The maximum Gasteiger partial charge on any atom is 0.509 e. The first-order chi connectivity index (χ1) is 7.79. The molecule has 1 heterocycles. The van der Waals surface area contributed by atoms with E-state index in [1.54, 1.807) is 6.08 Å². The van der Waals surface area contributed by atoms with Crippen molar-refractivity contribution < 1.29 is 14.3 Å². The van der Waals surface area contributed by atoms with Crippen molar-refractivity contribution in [3.8, 4) is 0 Å². The Morgan fingerprint density at radius 2 is 1.88 bits per heavy atom. The Bertz CT molecular complexity index is 372. The van der Waals surface area contributed by atoms with Gasteiger partial charge in [-0.25, -0.2) is 4.79 Å². The zero-order valence-electron chi connectivity index (χ0n) is 8.96. The van der Waals surface area contributed by atoms with Crippen molar-refractivity contribution in [1.29, 1.82) is 0 Å². The van der Waals surface area contributed by atoms with Gasteiger partial charge >= 0.3 is 6.16 Å². The molecule has 84 valence electrons. The predicted octanol–water partition coefficient (Wildman–Crippen LogP) is 2.71. The Labute approximate surface area is 94.7 Å². The number of carbonyl (C=O) groups is 1. The van der Waals surface area contributed by atoms with Crippen LogP contribution in [0.25, 0.3) is 0 Å². The summed E-state index contributed by atoms with van der Waals surface area (Å²) in [6.07, 6.45) is 2.07. The van der Waals surface area contributed by atoms with Gasteiger partial charge in [0.05, 0.1) is 0 Å². The Hall–Kier alpha value is -1.77. The van der Waals surface area contributed by atoms with Crippen LogP contribution in [0.5, 0.6) is 0 Å². The van der Waals surface area contributed by atoms with Crippen LogP contribution in [0.15, 0.2) is 43.0 Å². The topological polar surface area (TPSA) is 35.5 Å². The highest BCUT2D eigenvalue weighted by Crippen LogP contribution is 2.22. The van der Waals surface area contributed by atoms with E-state index < -0.39 is 6.16 Å². The van der Waals surface area contributed by atoms with Crippen LogP contribution >= 0.6 is 0 Å². The molecule has 0 bridgehead atoms. The monoisotopic (exact) mass is 218 g/mol. The predicted molar refractivity (Wildman–Crippen MR) is 60.1 cm³/mol. The fourth-order valence-corrected chi connectivity index (χ4v) is 1.81. The summed E-state index contributed by atoms with van der Waals surface area (Å²) in [6, 6.07) is 9.92.